The molecule has 20 heavy (non-hydrogen) atoms. The van der Waals surface area contributed by atoms with E-state index in [-0.39, 0.29) is 6.04 Å². The van der Waals surface area contributed by atoms with Crippen molar-refractivity contribution in [1.29, 1.82) is 0 Å². The molecule has 1 heterocycles. The maximum atomic E-state index is 12.6. The Morgan fingerprint density at radius 2 is 1.95 bits per heavy atom. The Hall–Kier alpha value is -0.570. The second kappa shape index (κ2) is 6.05. The summed E-state index contributed by atoms with van der Waals surface area (Å²) >= 11 is 0. The molecule has 1 saturated heterocycles. The first-order valence-corrected chi connectivity index (χ1v) is 8.75. The van der Waals surface area contributed by atoms with Crippen molar-refractivity contribution in [2.45, 2.75) is 77.4 Å². The first-order valence-electron chi connectivity index (χ1n) is 8.75. The van der Waals surface area contributed by atoms with Crippen LogP contribution in [0, 0.1) is 17.8 Å². The Labute approximate surface area is 123 Å². The van der Waals surface area contributed by atoms with Crippen molar-refractivity contribution in [3.05, 3.63) is 0 Å². The van der Waals surface area contributed by atoms with Gasteiger partial charge in [0.2, 0.25) is 5.91 Å². The molecule has 0 bridgehead atoms. The van der Waals surface area contributed by atoms with Gasteiger partial charge in [0, 0.05) is 6.54 Å². The molecular weight excluding hydrogens is 248 g/mol. The Kier molecular flexibility index (Phi) is 4.34. The summed E-state index contributed by atoms with van der Waals surface area (Å²) in [5, 5.41) is 3.64. The molecule has 114 valence electrons. The SMILES string of the molecule is CCC1NC(C2CCCC2)N(CC2CCC(C)C2)C1=O. The Bertz CT molecular complexity index is 351. The molecule has 1 aliphatic heterocycles. The molecule has 2 aliphatic carbocycles. The summed E-state index contributed by atoms with van der Waals surface area (Å²) in [6.45, 7) is 5.49. The van der Waals surface area contributed by atoms with Crippen LogP contribution in [-0.2, 0) is 4.79 Å². The van der Waals surface area contributed by atoms with Gasteiger partial charge in [-0.1, -0.05) is 33.1 Å². The lowest BCUT2D eigenvalue weighted by Crippen LogP contribution is -2.44. The molecule has 0 aromatic rings. The third kappa shape index (κ3) is 2.74. The highest BCUT2D eigenvalue weighted by Gasteiger charge is 2.43. The van der Waals surface area contributed by atoms with E-state index in [1.165, 1.54) is 44.9 Å². The summed E-state index contributed by atoms with van der Waals surface area (Å²) in [5.41, 5.74) is 0. The molecule has 0 aromatic heterocycles. The molecule has 3 fully saturated rings. The summed E-state index contributed by atoms with van der Waals surface area (Å²) < 4.78 is 0. The van der Waals surface area contributed by atoms with Gasteiger partial charge in [0.05, 0.1) is 12.2 Å². The van der Waals surface area contributed by atoms with Crippen LogP contribution in [0.15, 0.2) is 0 Å². The van der Waals surface area contributed by atoms with E-state index >= 15 is 0 Å². The van der Waals surface area contributed by atoms with Crippen molar-refractivity contribution in [1.82, 2.24) is 10.2 Å². The van der Waals surface area contributed by atoms with Crippen LogP contribution in [-0.4, -0.2) is 29.6 Å². The summed E-state index contributed by atoms with van der Waals surface area (Å²) in [6, 6.07) is 0.0828. The summed E-state index contributed by atoms with van der Waals surface area (Å²) in [5.74, 6) is 2.69. The number of nitrogens with zero attached hydrogens (tertiary/aromatic N) is 1. The van der Waals surface area contributed by atoms with Crippen LogP contribution < -0.4 is 5.32 Å². The van der Waals surface area contributed by atoms with Crippen LogP contribution in [0.3, 0.4) is 0 Å². The number of rotatable bonds is 4. The fraction of sp³-hybridized carbons (Fsp3) is 0.941. The van der Waals surface area contributed by atoms with Crippen LogP contribution in [0.5, 0.6) is 0 Å². The fourth-order valence-electron chi connectivity index (χ4n) is 4.63. The van der Waals surface area contributed by atoms with Crippen LogP contribution in [0.1, 0.15) is 65.2 Å². The molecule has 3 rings (SSSR count). The third-order valence-corrected chi connectivity index (χ3v) is 5.80. The average Bonchev–Trinajstić information content (AvgIpc) is 3.13. The highest BCUT2D eigenvalue weighted by Crippen LogP contribution is 2.36. The van der Waals surface area contributed by atoms with Crippen molar-refractivity contribution in [3.8, 4) is 0 Å². The van der Waals surface area contributed by atoms with Gasteiger partial charge in [0.1, 0.15) is 0 Å². The van der Waals surface area contributed by atoms with Crippen LogP contribution in [0.4, 0.5) is 0 Å². The molecule has 0 spiro atoms. The molecule has 0 radical (unpaired) electrons. The first kappa shape index (κ1) is 14.4. The van der Waals surface area contributed by atoms with Crippen molar-refractivity contribution < 1.29 is 4.79 Å². The number of hydrogen-bond donors (Lipinski definition) is 1. The molecule has 3 heteroatoms. The molecule has 3 nitrogen and oxygen atoms in total. The van der Waals surface area contributed by atoms with Gasteiger partial charge < -0.3 is 4.90 Å². The van der Waals surface area contributed by atoms with Gasteiger partial charge in [-0.3, -0.25) is 10.1 Å². The van der Waals surface area contributed by atoms with Crippen LogP contribution in [0.25, 0.3) is 0 Å². The summed E-state index contributed by atoms with van der Waals surface area (Å²) in [6.07, 6.45) is 10.6. The molecule has 3 aliphatic rings. The van der Waals surface area contributed by atoms with E-state index in [0.717, 1.165) is 24.8 Å². The molecule has 1 amide bonds. The first-order chi connectivity index (χ1) is 9.69. The highest BCUT2D eigenvalue weighted by atomic mass is 16.2. The van der Waals surface area contributed by atoms with Crippen LogP contribution >= 0.6 is 0 Å². The normalized spacial score (nSPS) is 39.1. The van der Waals surface area contributed by atoms with E-state index in [0.29, 0.717) is 18.0 Å². The van der Waals surface area contributed by atoms with Crippen LogP contribution in [0.2, 0.25) is 0 Å². The zero-order chi connectivity index (χ0) is 14.1. The predicted octanol–water partition coefficient (Wildman–Crippen LogP) is 3.15. The number of amides is 1. The minimum atomic E-state index is 0.0828. The third-order valence-electron chi connectivity index (χ3n) is 5.80. The molecular formula is C17H30N2O. The zero-order valence-corrected chi connectivity index (χ0v) is 13.1. The van der Waals surface area contributed by atoms with Crippen molar-refractivity contribution >= 4 is 5.91 Å². The van der Waals surface area contributed by atoms with E-state index < -0.39 is 0 Å². The molecule has 2 saturated carbocycles. The maximum absolute atomic E-state index is 12.6. The molecule has 4 unspecified atom stereocenters. The summed E-state index contributed by atoms with van der Waals surface area (Å²) in [4.78, 5) is 14.9. The molecule has 1 N–H and O–H groups in total. The smallest absolute Gasteiger partial charge is 0.241 e. The van der Waals surface area contributed by atoms with E-state index in [2.05, 4.69) is 24.1 Å². The average molecular weight is 278 g/mol. The zero-order valence-electron chi connectivity index (χ0n) is 13.1. The van der Waals surface area contributed by atoms with Gasteiger partial charge in [-0.05, 0) is 49.9 Å². The number of carbonyl (C=O) groups is 1. The van der Waals surface area contributed by atoms with Gasteiger partial charge in [0.15, 0.2) is 0 Å². The van der Waals surface area contributed by atoms with Gasteiger partial charge in [-0.15, -0.1) is 0 Å². The fourth-order valence-corrected chi connectivity index (χ4v) is 4.63. The minimum Gasteiger partial charge on any atom is -0.325 e. The van der Waals surface area contributed by atoms with E-state index in [1.807, 2.05) is 0 Å². The van der Waals surface area contributed by atoms with Crippen molar-refractivity contribution in [2.24, 2.45) is 17.8 Å². The van der Waals surface area contributed by atoms with Gasteiger partial charge in [0.25, 0.3) is 0 Å². The summed E-state index contributed by atoms with van der Waals surface area (Å²) in [7, 11) is 0. The van der Waals surface area contributed by atoms with Gasteiger partial charge >= 0.3 is 0 Å². The lowest BCUT2D eigenvalue weighted by molar-refractivity contribution is -0.131. The number of hydrogen-bond acceptors (Lipinski definition) is 2. The maximum Gasteiger partial charge on any atom is 0.241 e. The molecule has 4 atom stereocenters. The van der Waals surface area contributed by atoms with E-state index in [9.17, 15) is 4.79 Å². The predicted molar refractivity (Wildman–Crippen MR) is 81.2 cm³/mol. The lowest BCUT2D eigenvalue weighted by atomic mass is 10.0. The van der Waals surface area contributed by atoms with Gasteiger partial charge in [-0.2, -0.15) is 0 Å². The van der Waals surface area contributed by atoms with E-state index in [1.54, 1.807) is 0 Å². The lowest BCUT2D eigenvalue weighted by Gasteiger charge is -2.31. The van der Waals surface area contributed by atoms with Crippen molar-refractivity contribution in [2.75, 3.05) is 6.54 Å². The van der Waals surface area contributed by atoms with Gasteiger partial charge in [-0.25, -0.2) is 0 Å². The second-order valence-corrected chi connectivity index (χ2v) is 7.39. The number of carbonyl (C=O) groups excluding carboxylic acids is 1. The van der Waals surface area contributed by atoms with E-state index in [4.69, 9.17) is 0 Å². The van der Waals surface area contributed by atoms with Crippen molar-refractivity contribution in [3.63, 3.8) is 0 Å². The monoisotopic (exact) mass is 278 g/mol. The Morgan fingerprint density at radius 1 is 1.20 bits per heavy atom. The standard InChI is InChI=1S/C17H30N2O/c1-3-15-17(20)19(11-13-9-8-12(2)10-13)16(18-15)14-6-4-5-7-14/h12-16,18H,3-11H2,1-2H3. The number of nitrogens with one attached hydrogen (secondary N) is 1. The second-order valence-electron chi connectivity index (χ2n) is 7.39. The molecule has 0 aromatic carbocycles. The minimum absolute atomic E-state index is 0.0828. The Morgan fingerprint density at radius 3 is 2.55 bits per heavy atom. The highest BCUT2D eigenvalue weighted by molar-refractivity contribution is 5.84. The largest absolute Gasteiger partial charge is 0.325 e. The Balaban J connectivity index is 1.68. The topological polar surface area (TPSA) is 32.3 Å². The quantitative estimate of drug-likeness (QED) is 0.857.